The van der Waals surface area contributed by atoms with Crippen LogP contribution in [0.4, 0.5) is 5.69 Å². The maximum absolute atomic E-state index is 12.6. The molecule has 3 nitrogen and oxygen atoms in total. The minimum atomic E-state index is -3.65. The first-order chi connectivity index (χ1) is 11.5. The monoisotopic (exact) mass is 357 g/mol. The minimum Gasteiger partial charge on any atom is -0.279 e. The zero-order chi connectivity index (χ0) is 17.0. The Hall–Kier alpha value is -2.30. The predicted molar refractivity (Wildman–Crippen MR) is 98.0 cm³/mol. The Bertz CT molecular complexity index is 923. The summed E-state index contributed by atoms with van der Waals surface area (Å²) in [6.45, 7) is 0. The smallest absolute Gasteiger partial charge is 0.261 e. The van der Waals surface area contributed by atoms with E-state index in [4.69, 9.17) is 11.6 Å². The van der Waals surface area contributed by atoms with Gasteiger partial charge in [0, 0.05) is 5.02 Å². The van der Waals surface area contributed by atoms with Gasteiger partial charge in [0.1, 0.15) is 0 Å². The third-order valence-electron chi connectivity index (χ3n) is 3.62. The van der Waals surface area contributed by atoms with Crippen LogP contribution in [-0.4, -0.2) is 8.42 Å². The van der Waals surface area contributed by atoms with E-state index in [9.17, 15) is 8.42 Å². The lowest BCUT2D eigenvalue weighted by molar-refractivity contribution is 0.601. The van der Waals surface area contributed by atoms with Crippen molar-refractivity contribution in [1.29, 1.82) is 0 Å². The summed E-state index contributed by atoms with van der Waals surface area (Å²) in [4.78, 5) is 0.182. The second-order valence-corrected chi connectivity index (χ2v) is 7.50. The number of halogens is 1. The fraction of sp³-hybridized carbons (Fsp3) is 0.0526. The first kappa shape index (κ1) is 16.6. The van der Waals surface area contributed by atoms with Crippen LogP contribution in [-0.2, 0) is 16.4 Å². The highest BCUT2D eigenvalue weighted by Crippen LogP contribution is 2.23. The molecule has 0 spiro atoms. The fourth-order valence-electron chi connectivity index (χ4n) is 2.41. The molecule has 0 aliphatic rings. The van der Waals surface area contributed by atoms with Crippen molar-refractivity contribution in [2.75, 3.05) is 4.72 Å². The standard InChI is InChI=1S/C19H16ClNO2S/c20-17-10-12-18(13-11-17)24(22,23)21-19-9-5-4-8-16(19)14-15-6-2-1-3-7-15/h1-13,21H,14H2. The highest BCUT2D eigenvalue weighted by molar-refractivity contribution is 7.92. The van der Waals surface area contributed by atoms with E-state index in [0.29, 0.717) is 17.1 Å². The molecule has 0 atom stereocenters. The number of sulfonamides is 1. The molecule has 3 aromatic carbocycles. The van der Waals surface area contributed by atoms with Gasteiger partial charge in [-0.3, -0.25) is 4.72 Å². The Kier molecular flexibility index (Phi) is 4.88. The van der Waals surface area contributed by atoms with E-state index in [1.54, 1.807) is 18.2 Å². The molecule has 3 aromatic rings. The predicted octanol–water partition coefficient (Wildman–Crippen LogP) is 4.73. The highest BCUT2D eigenvalue weighted by Gasteiger charge is 2.15. The van der Waals surface area contributed by atoms with Crippen molar-refractivity contribution >= 4 is 27.3 Å². The summed E-state index contributed by atoms with van der Waals surface area (Å²) < 4.78 is 27.8. The lowest BCUT2D eigenvalue weighted by atomic mass is 10.0. The molecule has 1 N–H and O–H groups in total. The number of rotatable bonds is 5. The largest absolute Gasteiger partial charge is 0.279 e. The third kappa shape index (κ3) is 3.96. The molecule has 0 fully saturated rings. The fourth-order valence-corrected chi connectivity index (χ4v) is 3.63. The Morgan fingerprint density at radius 1 is 0.792 bits per heavy atom. The van der Waals surface area contributed by atoms with Gasteiger partial charge < -0.3 is 0 Å². The van der Waals surface area contributed by atoms with Gasteiger partial charge in [0.15, 0.2) is 0 Å². The van der Waals surface area contributed by atoms with E-state index in [0.717, 1.165) is 11.1 Å². The van der Waals surface area contributed by atoms with Crippen molar-refractivity contribution < 1.29 is 8.42 Å². The van der Waals surface area contributed by atoms with Crippen molar-refractivity contribution in [3.05, 3.63) is 95.0 Å². The first-order valence-electron chi connectivity index (χ1n) is 7.45. The van der Waals surface area contributed by atoms with Gasteiger partial charge in [0.25, 0.3) is 10.0 Å². The van der Waals surface area contributed by atoms with E-state index in [1.165, 1.54) is 12.1 Å². The van der Waals surface area contributed by atoms with Crippen LogP contribution in [0.15, 0.2) is 83.8 Å². The molecule has 0 heterocycles. The molecule has 0 unspecified atom stereocenters. The second-order valence-electron chi connectivity index (χ2n) is 5.38. The normalized spacial score (nSPS) is 11.2. The van der Waals surface area contributed by atoms with E-state index >= 15 is 0 Å². The maximum atomic E-state index is 12.6. The zero-order valence-electron chi connectivity index (χ0n) is 12.8. The van der Waals surface area contributed by atoms with Crippen LogP contribution in [0.25, 0.3) is 0 Å². The summed E-state index contributed by atoms with van der Waals surface area (Å²) in [5.41, 5.74) is 2.62. The molecular formula is C19H16ClNO2S. The van der Waals surface area contributed by atoms with Gasteiger partial charge in [-0.2, -0.15) is 0 Å². The molecule has 0 saturated heterocycles. The lowest BCUT2D eigenvalue weighted by Gasteiger charge is -2.13. The van der Waals surface area contributed by atoms with Crippen molar-refractivity contribution in [3.63, 3.8) is 0 Å². The van der Waals surface area contributed by atoms with Gasteiger partial charge in [0.2, 0.25) is 0 Å². The average Bonchev–Trinajstić information content (AvgIpc) is 2.58. The lowest BCUT2D eigenvalue weighted by Crippen LogP contribution is -2.14. The Morgan fingerprint density at radius 3 is 2.12 bits per heavy atom. The molecule has 0 radical (unpaired) electrons. The van der Waals surface area contributed by atoms with E-state index in [1.807, 2.05) is 48.5 Å². The number of anilines is 1. The van der Waals surface area contributed by atoms with E-state index in [2.05, 4.69) is 4.72 Å². The number of benzene rings is 3. The van der Waals surface area contributed by atoms with Crippen LogP contribution >= 0.6 is 11.6 Å². The second kappa shape index (κ2) is 7.07. The molecule has 3 rings (SSSR count). The first-order valence-corrected chi connectivity index (χ1v) is 9.31. The van der Waals surface area contributed by atoms with Crippen molar-refractivity contribution in [3.8, 4) is 0 Å². The molecule has 0 aliphatic heterocycles. The van der Waals surface area contributed by atoms with Crippen LogP contribution in [0.5, 0.6) is 0 Å². The molecule has 0 amide bonds. The van der Waals surface area contributed by atoms with Gasteiger partial charge in [-0.25, -0.2) is 8.42 Å². The number of para-hydroxylation sites is 1. The third-order valence-corrected chi connectivity index (χ3v) is 5.26. The molecular weight excluding hydrogens is 342 g/mol. The van der Waals surface area contributed by atoms with Crippen LogP contribution in [0.3, 0.4) is 0 Å². The zero-order valence-corrected chi connectivity index (χ0v) is 14.4. The summed E-state index contributed by atoms with van der Waals surface area (Å²) in [5.74, 6) is 0. The molecule has 0 aliphatic carbocycles. The molecule has 0 saturated carbocycles. The van der Waals surface area contributed by atoms with Crippen molar-refractivity contribution in [2.45, 2.75) is 11.3 Å². The van der Waals surface area contributed by atoms with E-state index < -0.39 is 10.0 Å². The summed E-state index contributed by atoms with van der Waals surface area (Å²) in [6, 6.07) is 23.4. The maximum Gasteiger partial charge on any atom is 0.261 e. The number of hydrogen-bond donors (Lipinski definition) is 1. The molecule has 5 heteroatoms. The Balaban J connectivity index is 1.89. The topological polar surface area (TPSA) is 46.2 Å². The highest BCUT2D eigenvalue weighted by atomic mass is 35.5. The van der Waals surface area contributed by atoms with Gasteiger partial charge in [-0.05, 0) is 47.9 Å². The van der Waals surface area contributed by atoms with Gasteiger partial charge >= 0.3 is 0 Å². The van der Waals surface area contributed by atoms with Crippen molar-refractivity contribution in [1.82, 2.24) is 0 Å². The summed E-state index contributed by atoms with van der Waals surface area (Å²) >= 11 is 5.82. The van der Waals surface area contributed by atoms with E-state index in [-0.39, 0.29) is 4.90 Å². The van der Waals surface area contributed by atoms with Gasteiger partial charge in [-0.15, -0.1) is 0 Å². The summed E-state index contributed by atoms with van der Waals surface area (Å²) in [7, 11) is -3.65. The van der Waals surface area contributed by atoms with Crippen LogP contribution < -0.4 is 4.72 Å². The molecule has 122 valence electrons. The Labute approximate surface area is 147 Å². The average molecular weight is 358 g/mol. The van der Waals surface area contributed by atoms with Crippen molar-refractivity contribution in [2.24, 2.45) is 0 Å². The Morgan fingerprint density at radius 2 is 1.42 bits per heavy atom. The quantitative estimate of drug-likeness (QED) is 0.717. The minimum absolute atomic E-state index is 0.182. The summed E-state index contributed by atoms with van der Waals surface area (Å²) in [5, 5.41) is 0.499. The van der Waals surface area contributed by atoms with Crippen LogP contribution in [0, 0.1) is 0 Å². The van der Waals surface area contributed by atoms with Gasteiger partial charge in [-0.1, -0.05) is 60.1 Å². The number of hydrogen-bond acceptors (Lipinski definition) is 2. The van der Waals surface area contributed by atoms with Crippen LogP contribution in [0.2, 0.25) is 5.02 Å². The van der Waals surface area contributed by atoms with Crippen LogP contribution in [0.1, 0.15) is 11.1 Å². The van der Waals surface area contributed by atoms with Gasteiger partial charge in [0.05, 0.1) is 10.6 Å². The summed E-state index contributed by atoms with van der Waals surface area (Å²) in [6.07, 6.45) is 0.653. The number of nitrogens with one attached hydrogen (secondary N) is 1. The SMILES string of the molecule is O=S(=O)(Nc1ccccc1Cc1ccccc1)c1ccc(Cl)cc1. The molecule has 24 heavy (non-hydrogen) atoms. The molecule has 0 aromatic heterocycles. The molecule has 0 bridgehead atoms.